The first kappa shape index (κ1) is 21.9. The Morgan fingerprint density at radius 1 is 0.939 bits per heavy atom. The van der Waals surface area contributed by atoms with Crippen molar-refractivity contribution in [3.05, 3.63) is 24.5 Å². The average Bonchev–Trinajstić information content (AvgIpc) is 3.49. The maximum Gasteiger partial charge on any atom is 0.229 e. The summed E-state index contributed by atoms with van der Waals surface area (Å²) in [6.45, 7) is 8.33. The van der Waals surface area contributed by atoms with Crippen LogP contribution in [0.5, 0.6) is 0 Å². The minimum atomic E-state index is 0.287. The van der Waals surface area contributed by atoms with Crippen molar-refractivity contribution in [3.8, 4) is 0 Å². The summed E-state index contributed by atoms with van der Waals surface area (Å²) in [6.07, 6.45) is 8.44. The Bertz CT molecular complexity index is 1090. The number of piperidine rings is 1. The number of nitrogens with zero attached hydrogens (tertiary/aromatic N) is 8. The summed E-state index contributed by atoms with van der Waals surface area (Å²) in [5.74, 6) is 3.38. The number of hydrogen-bond donors (Lipinski definition) is 1. The summed E-state index contributed by atoms with van der Waals surface area (Å²) in [5.41, 5.74) is 1.07. The first-order valence-corrected chi connectivity index (χ1v) is 12.1. The van der Waals surface area contributed by atoms with Crippen molar-refractivity contribution in [2.45, 2.75) is 51.6 Å². The van der Waals surface area contributed by atoms with E-state index in [1.807, 2.05) is 17.1 Å². The predicted molar refractivity (Wildman–Crippen MR) is 134 cm³/mol. The minimum absolute atomic E-state index is 0.287. The minimum Gasteiger partial charge on any atom is -0.356 e. The lowest BCUT2D eigenvalue weighted by Crippen LogP contribution is -2.42. The van der Waals surface area contributed by atoms with E-state index < -0.39 is 0 Å². The lowest BCUT2D eigenvalue weighted by atomic mass is 10.0. The zero-order chi connectivity index (χ0) is 22.9. The fourth-order valence-electron chi connectivity index (χ4n) is 4.87. The summed E-state index contributed by atoms with van der Waals surface area (Å²) in [4.78, 5) is 21.5. The van der Waals surface area contributed by atoms with Gasteiger partial charge in [-0.05, 0) is 53.6 Å². The van der Waals surface area contributed by atoms with Crippen LogP contribution in [-0.4, -0.2) is 75.9 Å². The molecular formula is C24H35N9. The molecule has 3 aromatic rings. The quantitative estimate of drug-likeness (QED) is 0.611. The molecule has 0 radical (unpaired) electrons. The van der Waals surface area contributed by atoms with Gasteiger partial charge in [0.15, 0.2) is 0 Å². The summed E-state index contributed by atoms with van der Waals surface area (Å²) in [5, 5.41) is 9.01. The van der Waals surface area contributed by atoms with Crippen LogP contribution in [0, 0.1) is 0 Å². The number of rotatable bonds is 6. The van der Waals surface area contributed by atoms with Crippen molar-refractivity contribution in [2.24, 2.45) is 0 Å². The van der Waals surface area contributed by atoms with Gasteiger partial charge >= 0.3 is 0 Å². The largest absolute Gasteiger partial charge is 0.356 e. The maximum absolute atomic E-state index is 4.98. The van der Waals surface area contributed by atoms with Crippen LogP contribution in [0.2, 0.25) is 0 Å². The topological polar surface area (TPSA) is 78.2 Å². The second kappa shape index (κ2) is 9.13. The SMILES string of the molecule is CC(C)n1ncc2cnc(Nc3cc(N4CCCC4)nc(N4CCC(N(C)C)CC4)n3)cc21. The Morgan fingerprint density at radius 2 is 1.70 bits per heavy atom. The highest BCUT2D eigenvalue weighted by molar-refractivity contribution is 5.81. The monoisotopic (exact) mass is 449 g/mol. The molecule has 5 rings (SSSR count). The maximum atomic E-state index is 4.98. The normalized spacial score (nSPS) is 17.6. The highest BCUT2D eigenvalue weighted by Gasteiger charge is 2.24. The zero-order valence-electron chi connectivity index (χ0n) is 20.2. The van der Waals surface area contributed by atoms with Crippen molar-refractivity contribution in [1.29, 1.82) is 0 Å². The molecule has 0 amide bonds. The van der Waals surface area contributed by atoms with Crippen LogP contribution in [0.15, 0.2) is 24.5 Å². The molecule has 3 aromatic heterocycles. The first-order chi connectivity index (χ1) is 16.0. The van der Waals surface area contributed by atoms with Gasteiger partial charge in [-0.15, -0.1) is 0 Å². The molecule has 0 saturated carbocycles. The fraction of sp³-hybridized carbons (Fsp3) is 0.583. The Labute approximate surface area is 195 Å². The molecular weight excluding hydrogens is 414 g/mol. The van der Waals surface area contributed by atoms with Gasteiger partial charge in [0.05, 0.1) is 11.7 Å². The summed E-state index contributed by atoms with van der Waals surface area (Å²) < 4.78 is 2.03. The molecule has 0 atom stereocenters. The van der Waals surface area contributed by atoms with Crippen molar-refractivity contribution in [1.82, 2.24) is 29.6 Å². The summed E-state index contributed by atoms with van der Waals surface area (Å²) >= 11 is 0. The van der Waals surface area contributed by atoms with Gasteiger partial charge in [0.2, 0.25) is 5.95 Å². The van der Waals surface area contributed by atoms with E-state index in [2.05, 4.69) is 70.2 Å². The second-order valence-corrected chi connectivity index (χ2v) is 9.72. The van der Waals surface area contributed by atoms with Crippen molar-refractivity contribution in [3.63, 3.8) is 0 Å². The number of nitrogens with one attached hydrogen (secondary N) is 1. The van der Waals surface area contributed by atoms with Crippen LogP contribution < -0.4 is 15.1 Å². The standard InChI is InChI=1S/C24H35N9/c1-17(2)33-20-13-21(25-15-18(20)16-26-33)27-22-14-23(31-9-5-6-10-31)29-24(28-22)32-11-7-19(8-12-32)30(3)4/h13-17,19H,5-12H2,1-4H3,(H,25,27,28,29). The Hall–Kier alpha value is -2.94. The molecule has 2 fully saturated rings. The molecule has 0 spiro atoms. The van der Waals surface area contributed by atoms with Gasteiger partial charge in [0, 0.05) is 62.0 Å². The van der Waals surface area contributed by atoms with E-state index in [4.69, 9.17) is 9.97 Å². The molecule has 2 aliphatic heterocycles. The predicted octanol–water partition coefficient (Wildman–Crippen LogP) is 3.68. The summed E-state index contributed by atoms with van der Waals surface area (Å²) in [6, 6.07) is 5.03. The fourth-order valence-corrected chi connectivity index (χ4v) is 4.87. The first-order valence-electron chi connectivity index (χ1n) is 12.1. The van der Waals surface area contributed by atoms with E-state index >= 15 is 0 Å². The molecule has 0 unspecified atom stereocenters. The molecule has 9 heteroatoms. The van der Waals surface area contributed by atoms with E-state index in [-0.39, 0.29) is 6.04 Å². The highest BCUT2D eigenvalue weighted by Crippen LogP contribution is 2.28. The number of fused-ring (bicyclic) bond motifs is 1. The molecule has 33 heavy (non-hydrogen) atoms. The van der Waals surface area contributed by atoms with Gasteiger partial charge < -0.3 is 20.0 Å². The number of aromatic nitrogens is 5. The smallest absolute Gasteiger partial charge is 0.229 e. The van der Waals surface area contributed by atoms with E-state index in [1.54, 1.807) is 0 Å². The van der Waals surface area contributed by atoms with Crippen LogP contribution in [0.3, 0.4) is 0 Å². The van der Waals surface area contributed by atoms with Gasteiger partial charge in [-0.3, -0.25) is 4.68 Å². The third-order valence-electron chi connectivity index (χ3n) is 6.83. The third kappa shape index (κ3) is 4.59. The lowest BCUT2D eigenvalue weighted by molar-refractivity contribution is 0.249. The number of hydrogen-bond acceptors (Lipinski definition) is 8. The Balaban J connectivity index is 1.44. The molecule has 0 aliphatic carbocycles. The molecule has 0 aromatic carbocycles. The molecule has 176 valence electrons. The van der Waals surface area contributed by atoms with Crippen LogP contribution in [0.1, 0.15) is 45.6 Å². The van der Waals surface area contributed by atoms with Crippen LogP contribution in [0.25, 0.3) is 10.9 Å². The van der Waals surface area contributed by atoms with Gasteiger partial charge in [0.25, 0.3) is 0 Å². The van der Waals surface area contributed by atoms with Crippen molar-refractivity contribution >= 4 is 34.3 Å². The van der Waals surface area contributed by atoms with Crippen molar-refractivity contribution in [2.75, 3.05) is 55.4 Å². The average molecular weight is 450 g/mol. The Kier molecular flexibility index (Phi) is 6.05. The third-order valence-corrected chi connectivity index (χ3v) is 6.83. The number of pyridine rings is 1. The van der Waals surface area contributed by atoms with E-state index in [1.165, 1.54) is 12.8 Å². The van der Waals surface area contributed by atoms with Crippen LogP contribution in [-0.2, 0) is 0 Å². The van der Waals surface area contributed by atoms with Gasteiger partial charge in [-0.25, -0.2) is 4.98 Å². The zero-order valence-corrected chi connectivity index (χ0v) is 20.2. The molecule has 2 saturated heterocycles. The van der Waals surface area contributed by atoms with E-state index in [0.717, 1.165) is 73.3 Å². The van der Waals surface area contributed by atoms with Crippen LogP contribution >= 0.6 is 0 Å². The van der Waals surface area contributed by atoms with Gasteiger partial charge in [0.1, 0.15) is 17.5 Å². The molecule has 0 bridgehead atoms. The molecule has 1 N–H and O–H groups in total. The summed E-state index contributed by atoms with van der Waals surface area (Å²) in [7, 11) is 4.34. The molecule has 2 aliphatic rings. The molecule has 5 heterocycles. The van der Waals surface area contributed by atoms with Gasteiger partial charge in [-0.1, -0.05) is 0 Å². The van der Waals surface area contributed by atoms with E-state index in [0.29, 0.717) is 6.04 Å². The second-order valence-electron chi connectivity index (χ2n) is 9.72. The lowest BCUT2D eigenvalue weighted by Gasteiger charge is -2.35. The highest BCUT2D eigenvalue weighted by atomic mass is 15.3. The van der Waals surface area contributed by atoms with E-state index in [9.17, 15) is 0 Å². The van der Waals surface area contributed by atoms with Crippen LogP contribution in [0.4, 0.5) is 23.4 Å². The molecule has 9 nitrogen and oxygen atoms in total. The van der Waals surface area contributed by atoms with Gasteiger partial charge in [-0.2, -0.15) is 15.1 Å². The number of anilines is 4. The van der Waals surface area contributed by atoms with Crippen molar-refractivity contribution < 1.29 is 0 Å². The Morgan fingerprint density at radius 3 is 2.39 bits per heavy atom.